The maximum absolute atomic E-state index is 12.4. The second kappa shape index (κ2) is 11.3. The van der Waals surface area contributed by atoms with Gasteiger partial charge in [0.2, 0.25) is 5.91 Å². The van der Waals surface area contributed by atoms with Gasteiger partial charge in [0.1, 0.15) is 0 Å². The van der Waals surface area contributed by atoms with Gasteiger partial charge in [0, 0.05) is 16.8 Å². The zero-order chi connectivity index (χ0) is 22.1. The molecule has 8 heteroatoms. The summed E-state index contributed by atoms with van der Waals surface area (Å²) in [4.78, 5) is 36.6. The maximum atomic E-state index is 12.4. The smallest absolute Gasteiger partial charge is 0.338 e. The molecule has 7 nitrogen and oxygen atoms in total. The molecule has 0 fully saturated rings. The van der Waals surface area contributed by atoms with Crippen LogP contribution in [0.2, 0.25) is 5.02 Å². The second-order valence-electron chi connectivity index (χ2n) is 6.41. The number of hydrogen-bond acceptors (Lipinski definition) is 6. The highest BCUT2D eigenvalue weighted by Crippen LogP contribution is 2.22. The Morgan fingerprint density at radius 2 is 1.53 bits per heavy atom. The molecular weight excluding hydrogens is 408 g/mol. The molecule has 160 valence electrons. The number of esters is 2. The van der Waals surface area contributed by atoms with Gasteiger partial charge in [-0.05, 0) is 50.6 Å². The fourth-order valence-electron chi connectivity index (χ4n) is 2.75. The third-order valence-corrected chi connectivity index (χ3v) is 4.52. The van der Waals surface area contributed by atoms with E-state index in [1.165, 1.54) is 18.2 Å². The first kappa shape index (κ1) is 23.4. The van der Waals surface area contributed by atoms with Gasteiger partial charge in [-0.2, -0.15) is 0 Å². The summed E-state index contributed by atoms with van der Waals surface area (Å²) in [5.74, 6) is -1.53. The molecular formula is C22H25ClN2O5. The quantitative estimate of drug-likeness (QED) is 0.582. The summed E-state index contributed by atoms with van der Waals surface area (Å²) in [5, 5.41) is 6.39. The van der Waals surface area contributed by atoms with Crippen LogP contribution in [-0.2, 0) is 14.3 Å². The van der Waals surface area contributed by atoms with E-state index in [1.54, 1.807) is 19.9 Å². The average Bonchev–Trinajstić information content (AvgIpc) is 2.72. The molecule has 2 aromatic rings. The van der Waals surface area contributed by atoms with Crippen LogP contribution in [0.4, 0.5) is 5.69 Å². The Morgan fingerprint density at radius 3 is 2.07 bits per heavy atom. The van der Waals surface area contributed by atoms with E-state index in [-0.39, 0.29) is 42.8 Å². The second-order valence-corrected chi connectivity index (χ2v) is 6.82. The lowest BCUT2D eigenvalue weighted by Gasteiger charge is -2.16. The Bertz CT molecular complexity index is 880. The number of ether oxygens (including phenoxy) is 2. The van der Waals surface area contributed by atoms with Crippen molar-refractivity contribution in [1.82, 2.24) is 5.32 Å². The zero-order valence-corrected chi connectivity index (χ0v) is 17.9. The van der Waals surface area contributed by atoms with Crippen LogP contribution in [0.3, 0.4) is 0 Å². The number of rotatable bonds is 9. The highest BCUT2D eigenvalue weighted by Gasteiger charge is 2.16. The van der Waals surface area contributed by atoms with Gasteiger partial charge in [-0.25, -0.2) is 9.59 Å². The predicted molar refractivity (Wildman–Crippen MR) is 115 cm³/mol. The third-order valence-electron chi connectivity index (χ3n) is 4.18. The van der Waals surface area contributed by atoms with Crippen molar-refractivity contribution in [2.45, 2.75) is 26.8 Å². The number of anilines is 1. The highest BCUT2D eigenvalue weighted by atomic mass is 35.5. The third kappa shape index (κ3) is 6.57. The van der Waals surface area contributed by atoms with Gasteiger partial charge >= 0.3 is 11.9 Å². The van der Waals surface area contributed by atoms with Crippen LogP contribution >= 0.6 is 11.6 Å². The number of amides is 1. The summed E-state index contributed by atoms with van der Waals surface area (Å²) in [7, 11) is 0. The summed E-state index contributed by atoms with van der Waals surface area (Å²) in [6.07, 6.45) is 0. The van der Waals surface area contributed by atoms with Crippen molar-refractivity contribution in [3.8, 4) is 0 Å². The minimum Gasteiger partial charge on any atom is -0.462 e. The van der Waals surface area contributed by atoms with Gasteiger partial charge in [-0.1, -0.05) is 29.8 Å². The molecule has 30 heavy (non-hydrogen) atoms. The van der Waals surface area contributed by atoms with Crippen LogP contribution in [0.5, 0.6) is 0 Å². The predicted octanol–water partition coefficient (Wildman–Crippen LogP) is 3.98. The van der Waals surface area contributed by atoms with Gasteiger partial charge in [-0.3, -0.25) is 4.79 Å². The number of benzene rings is 2. The van der Waals surface area contributed by atoms with Crippen LogP contribution in [-0.4, -0.2) is 37.6 Å². The molecule has 0 bridgehead atoms. The summed E-state index contributed by atoms with van der Waals surface area (Å²) in [6, 6.07) is 11.5. The Labute approximate surface area is 180 Å². The largest absolute Gasteiger partial charge is 0.462 e. The summed E-state index contributed by atoms with van der Waals surface area (Å²) in [6.45, 7) is 5.64. The van der Waals surface area contributed by atoms with Crippen molar-refractivity contribution < 1.29 is 23.9 Å². The molecule has 0 saturated heterocycles. The molecule has 0 aliphatic rings. The van der Waals surface area contributed by atoms with Crippen molar-refractivity contribution in [1.29, 1.82) is 0 Å². The van der Waals surface area contributed by atoms with Crippen molar-refractivity contribution in [2.24, 2.45) is 0 Å². The normalized spacial score (nSPS) is 11.5. The van der Waals surface area contributed by atoms with E-state index in [1.807, 2.05) is 25.1 Å². The molecule has 1 atom stereocenters. The lowest BCUT2D eigenvalue weighted by molar-refractivity contribution is -0.115. The topological polar surface area (TPSA) is 93.7 Å². The van der Waals surface area contributed by atoms with Crippen LogP contribution < -0.4 is 10.6 Å². The van der Waals surface area contributed by atoms with Crippen molar-refractivity contribution in [2.75, 3.05) is 25.1 Å². The molecule has 0 aromatic heterocycles. The molecule has 2 N–H and O–H groups in total. The molecule has 0 saturated carbocycles. The van der Waals surface area contributed by atoms with E-state index in [9.17, 15) is 14.4 Å². The van der Waals surface area contributed by atoms with E-state index in [2.05, 4.69) is 10.6 Å². The molecule has 1 unspecified atom stereocenters. The Hall–Kier alpha value is -2.90. The Morgan fingerprint density at radius 1 is 0.967 bits per heavy atom. The number of halogens is 1. The van der Waals surface area contributed by atoms with Gasteiger partial charge < -0.3 is 20.1 Å². The van der Waals surface area contributed by atoms with E-state index in [4.69, 9.17) is 21.1 Å². The highest BCUT2D eigenvalue weighted by molar-refractivity contribution is 6.31. The van der Waals surface area contributed by atoms with E-state index >= 15 is 0 Å². The first-order valence-electron chi connectivity index (χ1n) is 9.62. The van der Waals surface area contributed by atoms with Crippen LogP contribution in [0.15, 0.2) is 42.5 Å². The molecule has 0 heterocycles. The lowest BCUT2D eigenvalue weighted by Crippen LogP contribution is -2.30. The van der Waals surface area contributed by atoms with Crippen molar-refractivity contribution >= 4 is 35.1 Å². The van der Waals surface area contributed by atoms with E-state index in [0.29, 0.717) is 10.7 Å². The molecule has 0 radical (unpaired) electrons. The van der Waals surface area contributed by atoms with Gasteiger partial charge in [0.15, 0.2) is 0 Å². The first-order valence-corrected chi connectivity index (χ1v) is 10.0. The number of hydrogen-bond donors (Lipinski definition) is 2. The number of nitrogens with one attached hydrogen (secondary N) is 2. The minimum atomic E-state index is -0.593. The number of carbonyl (C=O) groups excluding carboxylic acids is 3. The van der Waals surface area contributed by atoms with Gasteiger partial charge in [0.05, 0.1) is 30.9 Å². The lowest BCUT2D eigenvalue weighted by atomic mass is 10.1. The molecule has 1 amide bonds. The molecule has 2 rings (SSSR count). The zero-order valence-electron chi connectivity index (χ0n) is 17.2. The minimum absolute atomic E-state index is 0.00473. The first-order chi connectivity index (χ1) is 14.3. The maximum Gasteiger partial charge on any atom is 0.338 e. The molecule has 2 aromatic carbocycles. The van der Waals surface area contributed by atoms with Crippen LogP contribution in [0, 0.1) is 0 Å². The standard InChI is InChI=1S/C22H25ClN2O5/c1-4-29-21(27)15-10-16(22(28)30-5-2)12-17(11-15)25-20(26)13-24-14(3)18-8-6-7-9-19(18)23/h6-12,14,24H,4-5,13H2,1-3H3,(H,25,26). The molecule has 0 aliphatic heterocycles. The van der Waals surface area contributed by atoms with Gasteiger partial charge in [0.25, 0.3) is 0 Å². The summed E-state index contributed by atoms with van der Waals surface area (Å²) >= 11 is 6.18. The Balaban J connectivity index is 2.11. The fraction of sp³-hybridized carbons (Fsp3) is 0.318. The van der Waals surface area contributed by atoms with Crippen LogP contribution in [0.1, 0.15) is 53.1 Å². The van der Waals surface area contributed by atoms with E-state index < -0.39 is 11.9 Å². The average molecular weight is 433 g/mol. The van der Waals surface area contributed by atoms with E-state index in [0.717, 1.165) is 5.56 Å². The molecule has 0 spiro atoms. The van der Waals surface area contributed by atoms with Crippen LogP contribution in [0.25, 0.3) is 0 Å². The van der Waals surface area contributed by atoms with Crippen molar-refractivity contribution in [3.05, 3.63) is 64.2 Å². The SMILES string of the molecule is CCOC(=O)c1cc(NC(=O)CNC(C)c2ccccc2Cl)cc(C(=O)OCC)c1. The summed E-state index contributed by atoms with van der Waals surface area (Å²) < 4.78 is 9.99. The van der Waals surface area contributed by atoms with Crippen molar-refractivity contribution in [3.63, 3.8) is 0 Å². The Kier molecular flexibility index (Phi) is 8.83. The molecule has 0 aliphatic carbocycles. The van der Waals surface area contributed by atoms with Gasteiger partial charge in [-0.15, -0.1) is 0 Å². The monoisotopic (exact) mass is 432 g/mol. The number of carbonyl (C=O) groups is 3. The fourth-order valence-corrected chi connectivity index (χ4v) is 3.05. The summed E-state index contributed by atoms with van der Waals surface area (Å²) in [5.41, 5.74) is 1.46.